The highest BCUT2D eigenvalue weighted by molar-refractivity contribution is 7.92. The minimum Gasteiger partial charge on any atom is -0.396 e. The number of rotatable bonds is 12. The van der Waals surface area contributed by atoms with Gasteiger partial charge in [0.2, 0.25) is 16.0 Å². The minimum absolute atomic E-state index is 0.0641. The van der Waals surface area contributed by atoms with Crippen LogP contribution in [0.3, 0.4) is 0 Å². The van der Waals surface area contributed by atoms with E-state index < -0.39 is 28.3 Å². The predicted molar refractivity (Wildman–Crippen MR) is 155 cm³/mol. The second kappa shape index (κ2) is 13.3. The van der Waals surface area contributed by atoms with Crippen LogP contribution in [-0.2, 0) is 14.8 Å². The quantitative estimate of drug-likeness (QED) is 0.206. The first-order chi connectivity index (χ1) is 20.4. The lowest BCUT2D eigenvalue weighted by atomic mass is 10.1. The van der Waals surface area contributed by atoms with E-state index in [4.69, 9.17) is 19.8 Å². The molecular formula is C27H30F2N8O4S. The number of aliphatic hydroxyl groups is 1. The van der Waals surface area contributed by atoms with Crippen LogP contribution >= 0.6 is 0 Å². The first-order valence-corrected chi connectivity index (χ1v) is 15.1. The Morgan fingerprint density at radius 2 is 1.81 bits per heavy atom. The van der Waals surface area contributed by atoms with Crippen LogP contribution in [0.25, 0.3) is 33.7 Å². The van der Waals surface area contributed by atoms with Crippen molar-refractivity contribution in [1.29, 1.82) is 0 Å². The summed E-state index contributed by atoms with van der Waals surface area (Å²) in [4.78, 5) is 24.9. The maximum Gasteiger partial charge on any atom is 0.232 e. The van der Waals surface area contributed by atoms with Gasteiger partial charge in [-0.1, -0.05) is 6.07 Å². The highest BCUT2D eigenvalue weighted by Gasteiger charge is 2.22. The summed E-state index contributed by atoms with van der Waals surface area (Å²) in [5.41, 5.74) is 1.63. The zero-order valence-electron chi connectivity index (χ0n) is 22.6. The number of fused-ring (bicyclic) bond motifs is 1. The lowest BCUT2D eigenvalue weighted by Crippen LogP contribution is -2.37. The number of morpholine rings is 1. The number of benzene rings is 1. The van der Waals surface area contributed by atoms with Crippen molar-refractivity contribution in [3.63, 3.8) is 0 Å². The second-order valence-corrected chi connectivity index (χ2v) is 11.3. The smallest absolute Gasteiger partial charge is 0.232 e. The van der Waals surface area contributed by atoms with E-state index in [-0.39, 0.29) is 30.0 Å². The van der Waals surface area contributed by atoms with E-state index in [2.05, 4.69) is 25.0 Å². The molecule has 4 aromatic rings. The summed E-state index contributed by atoms with van der Waals surface area (Å²) >= 11 is 0. The highest BCUT2D eigenvalue weighted by atomic mass is 32.2. The molecule has 0 amide bonds. The number of hydrogen-bond donors (Lipinski definition) is 3. The molecule has 1 aliphatic heterocycles. The van der Waals surface area contributed by atoms with Crippen LogP contribution in [0, 0.1) is 5.82 Å². The number of ether oxygens (including phenoxy) is 1. The number of sulfonamides is 1. The molecule has 1 aliphatic rings. The Kier molecular flexibility index (Phi) is 9.29. The molecule has 12 nitrogen and oxygen atoms in total. The summed E-state index contributed by atoms with van der Waals surface area (Å²) < 4.78 is 60.3. The van der Waals surface area contributed by atoms with Crippen molar-refractivity contribution in [2.45, 2.75) is 12.8 Å². The van der Waals surface area contributed by atoms with Gasteiger partial charge in [-0.2, -0.15) is 0 Å². The molecule has 3 N–H and O–H groups in total. The van der Waals surface area contributed by atoms with Crippen LogP contribution in [-0.4, -0.2) is 90.3 Å². The number of hydrogen-bond acceptors (Lipinski definition) is 11. The number of pyridine rings is 1. The van der Waals surface area contributed by atoms with Crippen LogP contribution in [0.15, 0.2) is 42.7 Å². The lowest BCUT2D eigenvalue weighted by molar-refractivity contribution is 0.122. The van der Waals surface area contributed by atoms with E-state index in [9.17, 15) is 12.8 Å². The molecule has 42 heavy (non-hydrogen) atoms. The summed E-state index contributed by atoms with van der Waals surface area (Å²) in [6.07, 6.45) is 3.60. The standard InChI is InChI=1S/C27H30F2N8O4S/c28-8-2-15-42(39,40)36-21-5-1-4-19(23(21)29)20-6-7-22-24(33-20)26(37-10-13-41-14-11-37)35-25(34-22)18-16-31-27(32-17-18)30-9-3-12-38/h1,4-7,16-17,36,38H,2-3,8-15H2,(H,30,31,32). The van der Waals surface area contributed by atoms with Gasteiger partial charge >= 0.3 is 0 Å². The van der Waals surface area contributed by atoms with Crippen LogP contribution in [0.5, 0.6) is 0 Å². The van der Waals surface area contributed by atoms with E-state index in [0.717, 1.165) is 0 Å². The van der Waals surface area contributed by atoms with E-state index in [1.807, 2.05) is 4.90 Å². The summed E-state index contributed by atoms with van der Waals surface area (Å²) in [6, 6.07) is 7.63. The van der Waals surface area contributed by atoms with Crippen molar-refractivity contribution in [2.24, 2.45) is 0 Å². The maximum absolute atomic E-state index is 15.6. The third-order valence-corrected chi connectivity index (χ3v) is 7.81. The third kappa shape index (κ3) is 6.86. The lowest BCUT2D eigenvalue weighted by Gasteiger charge is -2.28. The van der Waals surface area contributed by atoms with Crippen LogP contribution < -0.4 is 14.9 Å². The van der Waals surface area contributed by atoms with Gasteiger partial charge in [0.15, 0.2) is 17.5 Å². The molecule has 0 spiro atoms. The summed E-state index contributed by atoms with van der Waals surface area (Å²) in [5.74, 6) is 0.0769. The van der Waals surface area contributed by atoms with Crippen molar-refractivity contribution in [3.05, 3.63) is 48.5 Å². The van der Waals surface area contributed by atoms with Gasteiger partial charge in [-0.15, -0.1) is 0 Å². The van der Waals surface area contributed by atoms with Crippen molar-refractivity contribution in [2.75, 3.05) is 66.8 Å². The molecule has 0 saturated carbocycles. The average molecular weight is 601 g/mol. The summed E-state index contributed by atoms with van der Waals surface area (Å²) in [7, 11) is -3.93. The molecular weight excluding hydrogens is 570 g/mol. The Hall–Kier alpha value is -4.08. The molecule has 0 unspecified atom stereocenters. The number of aromatic nitrogens is 5. The van der Waals surface area contributed by atoms with Gasteiger partial charge in [-0.25, -0.2) is 37.7 Å². The Morgan fingerprint density at radius 3 is 2.55 bits per heavy atom. The molecule has 1 fully saturated rings. The van der Waals surface area contributed by atoms with Gasteiger partial charge in [0.25, 0.3) is 0 Å². The number of nitrogens with zero attached hydrogens (tertiary/aromatic N) is 6. The Morgan fingerprint density at radius 1 is 1.02 bits per heavy atom. The molecule has 0 aliphatic carbocycles. The van der Waals surface area contributed by atoms with Gasteiger partial charge in [0.05, 0.1) is 48.1 Å². The SMILES string of the molecule is O=S(=O)(CCCF)Nc1cccc(-c2ccc3nc(-c4cnc(NCCCO)nc4)nc(N4CCOCC4)c3n2)c1F. The van der Waals surface area contributed by atoms with Crippen molar-refractivity contribution < 1.29 is 27.0 Å². The van der Waals surface area contributed by atoms with Crippen LogP contribution in [0.1, 0.15) is 12.8 Å². The van der Waals surface area contributed by atoms with Gasteiger partial charge in [0, 0.05) is 44.2 Å². The fraction of sp³-hybridized carbons (Fsp3) is 0.370. The molecule has 5 rings (SSSR count). The first kappa shape index (κ1) is 29.4. The number of alkyl halides is 1. The number of halogens is 2. The maximum atomic E-state index is 15.6. The topological polar surface area (TPSA) is 155 Å². The Balaban J connectivity index is 1.52. The van der Waals surface area contributed by atoms with Crippen molar-refractivity contribution in [1.82, 2.24) is 24.9 Å². The molecule has 15 heteroatoms. The van der Waals surface area contributed by atoms with E-state index in [1.54, 1.807) is 24.5 Å². The number of aliphatic hydroxyl groups excluding tert-OH is 1. The van der Waals surface area contributed by atoms with Crippen LogP contribution in [0.4, 0.5) is 26.2 Å². The molecule has 0 bridgehead atoms. The van der Waals surface area contributed by atoms with Crippen molar-refractivity contribution >= 4 is 38.5 Å². The van der Waals surface area contributed by atoms with E-state index in [1.165, 1.54) is 18.2 Å². The second-order valence-electron chi connectivity index (χ2n) is 9.46. The molecule has 222 valence electrons. The summed E-state index contributed by atoms with van der Waals surface area (Å²) in [6.45, 7) is 1.92. The zero-order chi connectivity index (χ0) is 29.5. The van der Waals surface area contributed by atoms with Gasteiger partial charge in [-0.3, -0.25) is 9.11 Å². The largest absolute Gasteiger partial charge is 0.396 e. The predicted octanol–water partition coefficient (Wildman–Crippen LogP) is 3.02. The molecule has 0 atom stereocenters. The molecule has 4 heterocycles. The van der Waals surface area contributed by atoms with Gasteiger partial charge in [0.1, 0.15) is 5.52 Å². The average Bonchev–Trinajstić information content (AvgIpc) is 3.01. The molecule has 1 aromatic carbocycles. The number of anilines is 3. The Labute approximate surface area is 241 Å². The van der Waals surface area contributed by atoms with Gasteiger partial charge < -0.3 is 20.1 Å². The molecule has 0 radical (unpaired) electrons. The zero-order valence-corrected chi connectivity index (χ0v) is 23.4. The minimum atomic E-state index is -3.93. The van der Waals surface area contributed by atoms with Crippen LogP contribution in [0.2, 0.25) is 0 Å². The van der Waals surface area contributed by atoms with E-state index in [0.29, 0.717) is 73.5 Å². The normalized spacial score (nSPS) is 13.8. The van der Waals surface area contributed by atoms with Gasteiger partial charge in [-0.05, 0) is 37.1 Å². The first-order valence-electron chi connectivity index (χ1n) is 13.4. The monoisotopic (exact) mass is 600 g/mol. The van der Waals surface area contributed by atoms with Crippen molar-refractivity contribution in [3.8, 4) is 22.6 Å². The van der Waals surface area contributed by atoms with E-state index >= 15 is 4.39 Å². The fourth-order valence-electron chi connectivity index (χ4n) is 4.36. The number of nitrogens with one attached hydrogen (secondary N) is 2. The third-order valence-electron chi connectivity index (χ3n) is 6.45. The molecule has 1 saturated heterocycles. The Bertz CT molecular complexity index is 1640. The summed E-state index contributed by atoms with van der Waals surface area (Å²) in [5, 5.41) is 12.0. The fourth-order valence-corrected chi connectivity index (χ4v) is 5.44. The highest BCUT2D eigenvalue weighted by Crippen LogP contribution is 2.32. The molecule has 3 aromatic heterocycles.